The van der Waals surface area contributed by atoms with E-state index in [0.29, 0.717) is 42.3 Å². The van der Waals surface area contributed by atoms with Gasteiger partial charge < -0.3 is 25.8 Å². The van der Waals surface area contributed by atoms with Gasteiger partial charge in [-0.05, 0) is 12.5 Å². The summed E-state index contributed by atoms with van der Waals surface area (Å²) in [6.45, 7) is 0.961. The first-order valence-corrected chi connectivity index (χ1v) is 6.34. The van der Waals surface area contributed by atoms with Crippen LogP contribution in [0.4, 0.5) is 5.69 Å². The number of hydrogen-bond acceptors (Lipinski definition) is 5. The standard InChI is InChI=1S/C13H15N3O4/c14-9-4-11-10(19-6-20-11)3-8(9)13(18)16-2-1-7(5-16)12(15)17/h3-4,7H,1-2,5-6,14H2,(H2,15,17). The fourth-order valence-corrected chi connectivity index (χ4v) is 2.49. The van der Waals surface area contributed by atoms with Crippen LogP contribution in [0.15, 0.2) is 12.1 Å². The van der Waals surface area contributed by atoms with Crippen molar-refractivity contribution in [3.05, 3.63) is 17.7 Å². The Labute approximate surface area is 115 Å². The van der Waals surface area contributed by atoms with Crippen LogP contribution < -0.4 is 20.9 Å². The number of primary amides is 1. The Morgan fingerprint density at radius 3 is 2.60 bits per heavy atom. The number of carbonyl (C=O) groups is 2. The molecule has 2 heterocycles. The van der Waals surface area contributed by atoms with Gasteiger partial charge >= 0.3 is 0 Å². The molecule has 0 saturated carbocycles. The third kappa shape index (κ3) is 2.01. The average Bonchev–Trinajstić information content (AvgIpc) is 3.05. The molecule has 3 rings (SSSR count). The van der Waals surface area contributed by atoms with Gasteiger partial charge in [-0.25, -0.2) is 0 Å². The Morgan fingerprint density at radius 1 is 1.25 bits per heavy atom. The van der Waals surface area contributed by atoms with Crippen molar-refractivity contribution in [3.8, 4) is 11.5 Å². The number of carbonyl (C=O) groups excluding carboxylic acids is 2. The summed E-state index contributed by atoms with van der Waals surface area (Å²) in [5.41, 5.74) is 11.8. The molecule has 1 aromatic carbocycles. The van der Waals surface area contributed by atoms with Gasteiger partial charge in [-0.15, -0.1) is 0 Å². The Bertz CT molecular complexity index is 587. The first-order valence-electron chi connectivity index (χ1n) is 6.34. The number of anilines is 1. The third-order valence-electron chi connectivity index (χ3n) is 3.65. The molecule has 1 atom stereocenters. The number of likely N-dealkylation sites (tertiary alicyclic amines) is 1. The van der Waals surface area contributed by atoms with Gasteiger partial charge in [-0.2, -0.15) is 0 Å². The molecule has 20 heavy (non-hydrogen) atoms. The van der Waals surface area contributed by atoms with Crippen LogP contribution in [0.5, 0.6) is 11.5 Å². The second-order valence-corrected chi connectivity index (χ2v) is 4.93. The Kier molecular flexibility index (Phi) is 2.89. The van der Waals surface area contributed by atoms with Crippen molar-refractivity contribution < 1.29 is 19.1 Å². The van der Waals surface area contributed by atoms with E-state index in [9.17, 15) is 9.59 Å². The summed E-state index contributed by atoms with van der Waals surface area (Å²) < 4.78 is 10.4. The summed E-state index contributed by atoms with van der Waals surface area (Å²) in [5, 5.41) is 0. The summed E-state index contributed by atoms with van der Waals surface area (Å²) in [5.74, 6) is 0.168. The number of benzene rings is 1. The van der Waals surface area contributed by atoms with E-state index in [0.717, 1.165) is 0 Å². The van der Waals surface area contributed by atoms with Crippen LogP contribution in [0.25, 0.3) is 0 Å². The number of nitrogens with zero attached hydrogens (tertiary/aromatic N) is 1. The number of fused-ring (bicyclic) bond motifs is 1. The molecule has 0 aromatic heterocycles. The molecule has 1 fully saturated rings. The van der Waals surface area contributed by atoms with Crippen LogP contribution in [0.3, 0.4) is 0 Å². The fourth-order valence-electron chi connectivity index (χ4n) is 2.49. The van der Waals surface area contributed by atoms with E-state index in [-0.39, 0.29) is 24.5 Å². The predicted molar refractivity (Wildman–Crippen MR) is 70.2 cm³/mol. The maximum absolute atomic E-state index is 12.4. The molecule has 7 nitrogen and oxygen atoms in total. The van der Waals surface area contributed by atoms with Gasteiger partial charge in [0.05, 0.1) is 11.5 Å². The topological polar surface area (TPSA) is 108 Å². The molecule has 1 saturated heterocycles. The fraction of sp³-hybridized carbons (Fsp3) is 0.385. The molecule has 0 spiro atoms. The maximum atomic E-state index is 12.4. The van der Waals surface area contributed by atoms with Crippen LogP contribution in [-0.4, -0.2) is 36.6 Å². The molecule has 2 amide bonds. The largest absolute Gasteiger partial charge is 0.454 e. The third-order valence-corrected chi connectivity index (χ3v) is 3.65. The van der Waals surface area contributed by atoms with Gasteiger partial charge in [0, 0.05) is 24.8 Å². The van der Waals surface area contributed by atoms with Gasteiger partial charge in [0.15, 0.2) is 11.5 Å². The van der Waals surface area contributed by atoms with E-state index >= 15 is 0 Å². The quantitative estimate of drug-likeness (QED) is 0.736. The minimum absolute atomic E-state index is 0.125. The first kappa shape index (κ1) is 12.6. The second kappa shape index (κ2) is 4.59. The lowest BCUT2D eigenvalue weighted by Gasteiger charge is -2.17. The van der Waals surface area contributed by atoms with Gasteiger partial charge in [-0.3, -0.25) is 9.59 Å². The number of hydrogen-bond donors (Lipinski definition) is 2. The Morgan fingerprint density at radius 2 is 1.95 bits per heavy atom. The van der Waals surface area contributed by atoms with Crippen molar-refractivity contribution in [2.24, 2.45) is 11.7 Å². The van der Waals surface area contributed by atoms with Crippen LogP contribution in [0.2, 0.25) is 0 Å². The van der Waals surface area contributed by atoms with E-state index in [1.165, 1.54) is 0 Å². The SMILES string of the molecule is NC(=O)C1CCN(C(=O)c2cc3c(cc2N)OCO3)C1. The van der Waals surface area contributed by atoms with Gasteiger partial charge in [0.2, 0.25) is 12.7 Å². The molecule has 0 aliphatic carbocycles. The van der Waals surface area contributed by atoms with E-state index in [1.807, 2.05) is 0 Å². The highest BCUT2D eigenvalue weighted by molar-refractivity contribution is 6.00. The highest BCUT2D eigenvalue weighted by atomic mass is 16.7. The predicted octanol–water partition coefficient (Wildman–Crippen LogP) is -0.0551. The van der Waals surface area contributed by atoms with E-state index in [2.05, 4.69) is 0 Å². The highest BCUT2D eigenvalue weighted by Crippen LogP contribution is 2.36. The number of amides is 2. The molecule has 0 bridgehead atoms. The van der Waals surface area contributed by atoms with Gasteiger partial charge in [0.1, 0.15) is 0 Å². The van der Waals surface area contributed by atoms with E-state index in [4.69, 9.17) is 20.9 Å². The average molecular weight is 277 g/mol. The monoisotopic (exact) mass is 277 g/mol. The van der Waals surface area contributed by atoms with Crippen molar-refractivity contribution in [3.63, 3.8) is 0 Å². The van der Waals surface area contributed by atoms with E-state index < -0.39 is 0 Å². The molecule has 106 valence electrons. The molecule has 7 heteroatoms. The highest BCUT2D eigenvalue weighted by Gasteiger charge is 2.31. The normalized spacial score (nSPS) is 20.2. The Hall–Kier alpha value is -2.44. The van der Waals surface area contributed by atoms with Crippen molar-refractivity contribution in [1.82, 2.24) is 4.90 Å². The van der Waals surface area contributed by atoms with Crippen molar-refractivity contribution in [2.75, 3.05) is 25.6 Å². The van der Waals surface area contributed by atoms with Crippen LogP contribution >= 0.6 is 0 Å². The second-order valence-electron chi connectivity index (χ2n) is 4.93. The summed E-state index contributed by atoms with van der Waals surface area (Å²) >= 11 is 0. The van der Waals surface area contributed by atoms with Crippen molar-refractivity contribution in [1.29, 1.82) is 0 Å². The molecular formula is C13H15N3O4. The minimum Gasteiger partial charge on any atom is -0.454 e. The molecule has 1 unspecified atom stereocenters. The lowest BCUT2D eigenvalue weighted by Crippen LogP contribution is -2.32. The van der Waals surface area contributed by atoms with E-state index in [1.54, 1.807) is 17.0 Å². The molecule has 0 radical (unpaired) electrons. The summed E-state index contributed by atoms with van der Waals surface area (Å²) in [4.78, 5) is 25.2. The number of ether oxygens (including phenoxy) is 2. The number of rotatable bonds is 2. The van der Waals surface area contributed by atoms with Crippen LogP contribution in [0, 0.1) is 5.92 Å². The zero-order chi connectivity index (χ0) is 14.3. The number of nitrogens with two attached hydrogens (primary N) is 2. The zero-order valence-corrected chi connectivity index (χ0v) is 10.8. The van der Waals surface area contributed by atoms with Crippen LogP contribution in [-0.2, 0) is 4.79 Å². The lowest BCUT2D eigenvalue weighted by atomic mass is 10.1. The maximum Gasteiger partial charge on any atom is 0.256 e. The molecule has 4 N–H and O–H groups in total. The molecule has 1 aromatic rings. The molecular weight excluding hydrogens is 262 g/mol. The zero-order valence-electron chi connectivity index (χ0n) is 10.8. The summed E-state index contributed by atoms with van der Waals surface area (Å²) in [7, 11) is 0. The lowest BCUT2D eigenvalue weighted by molar-refractivity contribution is -0.121. The number of nitrogen functional groups attached to an aromatic ring is 1. The Balaban J connectivity index is 1.83. The summed E-state index contributed by atoms with van der Waals surface area (Å²) in [6, 6.07) is 3.16. The van der Waals surface area contributed by atoms with Crippen molar-refractivity contribution in [2.45, 2.75) is 6.42 Å². The molecule has 2 aliphatic heterocycles. The molecule has 2 aliphatic rings. The van der Waals surface area contributed by atoms with Gasteiger partial charge in [-0.1, -0.05) is 0 Å². The van der Waals surface area contributed by atoms with Gasteiger partial charge in [0.25, 0.3) is 5.91 Å². The first-order chi connectivity index (χ1) is 9.56. The smallest absolute Gasteiger partial charge is 0.256 e. The van der Waals surface area contributed by atoms with Crippen molar-refractivity contribution >= 4 is 17.5 Å². The minimum atomic E-state index is -0.376. The summed E-state index contributed by atoms with van der Waals surface area (Å²) in [6.07, 6.45) is 0.589. The van der Waals surface area contributed by atoms with Crippen LogP contribution in [0.1, 0.15) is 16.8 Å².